The molecule has 2 nitrogen and oxygen atoms in total. The minimum atomic E-state index is 0.410. The minimum Gasteiger partial charge on any atom is -0.378 e. The normalized spacial score (nSPS) is 26.3. The number of halogens is 1. The highest BCUT2D eigenvalue weighted by molar-refractivity contribution is 9.10. The maximum atomic E-state index is 5.83. The van der Waals surface area contributed by atoms with Crippen molar-refractivity contribution >= 4 is 27.3 Å². The molecule has 4 heteroatoms. The lowest BCUT2D eigenvalue weighted by atomic mass is 9.90. The Morgan fingerprint density at radius 1 is 1.59 bits per heavy atom. The summed E-state index contributed by atoms with van der Waals surface area (Å²) in [5.41, 5.74) is 0. The molecule has 1 aromatic rings. The van der Waals surface area contributed by atoms with Gasteiger partial charge >= 0.3 is 0 Å². The SMILES string of the molecule is CCNC(c1sccc1Br)C1CCOC1CC. The smallest absolute Gasteiger partial charge is 0.0620 e. The van der Waals surface area contributed by atoms with Crippen molar-refractivity contribution in [3.05, 3.63) is 20.8 Å². The van der Waals surface area contributed by atoms with Gasteiger partial charge in [0, 0.05) is 27.9 Å². The van der Waals surface area contributed by atoms with E-state index in [1.165, 1.54) is 15.8 Å². The highest BCUT2D eigenvalue weighted by Crippen LogP contribution is 2.39. The second-order valence-electron chi connectivity index (χ2n) is 4.44. The van der Waals surface area contributed by atoms with E-state index >= 15 is 0 Å². The van der Waals surface area contributed by atoms with Gasteiger partial charge in [0.05, 0.1) is 6.10 Å². The molecule has 3 atom stereocenters. The van der Waals surface area contributed by atoms with Crippen LogP contribution >= 0.6 is 27.3 Å². The van der Waals surface area contributed by atoms with E-state index < -0.39 is 0 Å². The Bertz CT molecular complexity index is 355. The average molecular weight is 318 g/mol. The van der Waals surface area contributed by atoms with Crippen molar-refractivity contribution in [2.45, 2.75) is 38.8 Å². The molecule has 1 aliphatic heterocycles. The van der Waals surface area contributed by atoms with Gasteiger partial charge in [-0.15, -0.1) is 11.3 Å². The molecule has 2 heterocycles. The zero-order chi connectivity index (χ0) is 12.3. The Hall–Kier alpha value is 0.1000. The van der Waals surface area contributed by atoms with Crippen LogP contribution < -0.4 is 5.32 Å². The number of rotatable bonds is 5. The predicted molar refractivity (Wildman–Crippen MR) is 76.6 cm³/mol. The maximum Gasteiger partial charge on any atom is 0.0620 e. The van der Waals surface area contributed by atoms with E-state index in [0.717, 1.165) is 19.6 Å². The van der Waals surface area contributed by atoms with Crippen molar-refractivity contribution in [3.8, 4) is 0 Å². The zero-order valence-corrected chi connectivity index (χ0v) is 12.8. The summed E-state index contributed by atoms with van der Waals surface area (Å²) < 4.78 is 7.06. The highest BCUT2D eigenvalue weighted by atomic mass is 79.9. The predicted octanol–water partition coefficient (Wildman–Crippen LogP) is 3.98. The van der Waals surface area contributed by atoms with Crippen molar-refractivity contribution < 1.29 is 4.74 Å². The molecule has 0 aromatic carbocycles. The van der Waals surface area contributed by atoms with E-state index in [2.05, 4.69) is 46.5 Å². The lowest BCUT2D eigenvalue weighted by Gasteiger charge is -2.27. The molecule has 96 valence electrons. The first-order valence-corrected chi connectivity index (χ1v) is 8.03. The van der Waals surface area contributed by atoms with Crippen LogP contribution in [0.1, 0.15) is 37.6 Å². The maximum absolute atomic E-state index is 5.83. The highest BCUT2D eigenvalue weighted by Gasteiger charge is 2.35. The van der Waals surface area contributed by atoms with E-state index in [9.17, 15) is 0 Å². The summed E-state index contributed by atoms with van der Waals surface area (Å²) >= 11 is 5.49. The summed E-state index contributed by atoms with van der Waals surface area (Å²) in [5.74, 6) is 0.606. The standard InChI is InChI=1S/C13H20BrNOS/c1-3-11-9(5-7-16-11)12(15-4-2)13-10(14)6-8-17-13/h6,8-9,11-12,15H,3-5,7H2,1-2H3. The monoisotopic (exact) mass is 317 g/mol. The number of ether oxygens (including phenoxy) is 1. The molecule has 0 saturated carbocycles. The fraction of sp³-hybridized carbons (Fsp3) is 0.692. The molecule has 1 aromatic heterocycles. The summed E-state index contributed by atoms with van der Waals surface area (Å²) in [6, 6.07) is 2.57. The van der Waals surface area contributed by atoms with Crippen LogP contribution in [0.2, 0.25) is 0 Å². The van der Waals surface area contributed by atoms with Crippen LogP contribution in [0.15, 0.2) is 15.9 Å². The quantitative estimate of drug-likeness (QED) is 0.887. The second kappa shape index (κ2) is 6.32. The van der Waals surface area contributed by atoms with Gasteiger partial charge in [0.2, 0.25) is 0 Å². The third-order valence-corrected chi connectivity index (χ3v) is 5.40. The zero-order valence-electron chi connectivity index (χ0n) is 10.4. The molecule has 1 N–H and O–H groups in total. The first kappa shape index (κ1) is 13.5. The molecule has 1 aliphatic rings. The van der Waals surface area contributed by atoms with Gasteiger partial charge in [-0.2, -0.15) is 0 Å². The molecule has 17 heavy (non-hydrogen) atoms. The van der Waals surface area contributed by atoms with Crippen LogP contribution in [0.5, 0.6) is 0 Å². The van der Waals surface area contributed by atoms with Crippen LogP contribution in [0, 0.1) is 5.92 Å². The van der Waals surface area contributed by atoms with E-state index in [4.69, 9.17) is 4.74 Å². The van der Waals surface area contributed by atoms with Gasteiger partial charge in [-0.3, -0.25) is 0 Å². The number of nitrogens with one attached hydrogen (secondary N) is 1. The van der Waals surface area contributed by atoms with Crippen molar-refractivity contribution in [1.29, 1.82) is 0 Å². The lowest BCUT2D eigenvalue weighted by Crippen LogP contribution is -2.32. The first-order chi connectivity index (χ1) is 8.27. The molecule has 0 spiro atoms. The first-order valence-electron chi connectivity index (χ1n) is 6.35. The Morgan fingerprint density at radius 2 is 2.41 bits per heavy atom. The average Bonchev–Trinajstić information content (AvgIpc) is 2.94. The molecule has 0 amide bonds. The van der Waals surface area contributed by atoms with Gasteiger partial charge in [0.1, 0.15) is 0 Å². The largest absolute Gasteiger partial charge is 0.378 e. The summed E-state index contributed by atoms with van der Waals surface area (Å²) in [7, 11) is 0. The Balaban J connectivity index is 2.20. The molecule has 0 aliphatic carbocycles. The molecule has 0 bridgehead atoms. The lowest BCUT2D eigenvalue weighted by molar-refractivity contribution is 0.0779. The Labute approximate surface area is 116 Å². The van der Waals surface area contributed by atoms with Crippen LogP contribution in [0.4, 0.5) is 0 Å². The van der Waals surface area contributed by atoms with Gasteiger partial charge in [-0.1, -0.05) is 13.8 Å². The number of hydrogen-bond acceptors (Lipinski definition) is 3. The third-order valence-electron chi connectivity index (χ3n) is 3.44. The molecule has 3 unspecified atom stereocenters. The number of thiophene rings is 1. The summed E-state index contributed by atoms with van der Waals surface area (Å²) in [5, 5.41) is 5.79. The van der Waals surface area contributed by atoms with Crippen molar-refractivity contribution in [2.24, 2.45) is 5.92 Å². The fourth-order valence-electron chi connectivity index (χ4n) is 2.65. The van der Waals surface area contributed by atoms with Gasteiger partial charge < -0.3 is 10.1 Å². The van der Waals surface area contributed by atoms with E-state index in [-0.39, 0.29) is 0 Å². The third kappa shape index (κ3) is 2.92. The molecular weight excluding hydrogens is 298 g/mol. The van der Waals surface area contributed by atoms with E-state index in [1.807, 2.05) is 11.3 Å². The van der Waals surface area contributed by atoms with Crippen LogP contribution in [0.3, 0.4) is 0 Å². The van der Waals surface area contributed by atoms with Gasteiger partial charge in [-0.25, -0.2) is 0 Å². The van der Waals surface area contributed by atoms with Crippen molar-refractivity contribution in [1.82, 2.24) is 5.32 Å². The minimum absolute atomic E-state index is 0.410. The number of hydrogen-bond donors (Lipinski definition) is 1. The van der Waals surface area contributed by atoms with Gasteiger partial charge in [-0.05, 0) is 46.8 Å². The van der Waals surface area contributed by atoms with Gasteiger partial charge in [0.15, 0.2) is 0 Å². The molecular formula is C13H20BrNOS. The summed E-state index contributed by atoms with van der Waals surface area (Å²) in [4.78, 5) is 1.42. The topological polar surface area (TPSA) is 21.3 Å². The van der Waals surface area contributed by atoms with Crippen LogP contribution in [-0.4, -0.2) is 19.3 Å². The molecule has 1 fully saturated rings. The summed E-state index contributed by atoms with van der Waals surface area (Å²) in [6.07, 6.45) is 2.68. The van der Waals surface area contributed by atoms with Crippen molar-refractivity contribution in [3.63, 3.8) is 0 Å². The molecule has 1 saturated heterocycles. The molecule has 0 radical (unpaired) electrons. The second-order valence-corrected chi connectivity index (χ2v) is 6.24. The van der Waals surface area contributed by atoms with E-state index in [0.29, 0.717) is 18.1 Å². The summed E-state index contributed by atoms with van der Waals surface area (Å²) in [6.45, 7) is 6.30. The van der Waals surface area contributed by atoms with Crippen LogP contribution in [-0.2, 0) is 4.74 Å². The Morgan fingerprint density at radius 3 is 3.00 bits per heavy atom. The Kier molecular flexibility index (Phi) is 5.03. The fourth-order valence-corrected chi connectivity index (χ4v) is 4.42. The van der Waals surface area contributed by atoms with Crippen molar-refractivity contribution in [2.75, 3.05) is 13.2 Å². The van der Waals surface area contributed by atoms with E-state index in [1.54, 1.807) is 0 Å². The van der Waals surface area contributed by atoms with Crippen LogP contribution in [0.25, 0.3) is 0 Å². The molecule has 2 rings (SSSR count). The van der Waals surface area contributed by atoms with Gasteiger partial charge in [0.25, 0.3) is 0 Å².